The van der Waals surface area contributed by atoms with Crippen molar-refractivity contribution < 1.29 is 0 Å². The number of aryl methyl sites for hydroxylation is 1. The van der Waals surface area contributed by atoms with Crippen LogP contribution in [0.5, 0.6) is 0 Å². The third-order valence-electron chi connectivity index (χ3n) is 4.40. The Kier molecular flexibility index (Phi) is 5.47. The third-order valence-corrected chi connectivity index (χ3v) is 4.85. The number of hydrogen-bond acceptors (Lipinski definition) is 6. The van der Waals surface area contributed by atoms with E-state index >= 15 is 0 Å². The van der Waals surface area contributed by atoms with Crippen molar-refractivity contribution in [2.45, 2.75) is 33.2 Å². The number of likely N-dealkylation sites (N-methyl/N-ethyl adjacent to an activating group) is 1. The minimum atomic E-state index is 0.0246. The van der Waals surface area contributed by atoms with Crippen LogP contribution in [-0.4, -0.2) is 64.6 Å². The van der Waals surface area contributed by atoms with E-state index in [-0.39, 0.29) is 11.5 Å². The van der Waals surface area contributed by atoms with Crippen molar-refractivity contribution >= 4 is 23.4 Å². The molecule has 6 nitrogen and oxygen atoms in total. The van der Waals surface area contributed by atoms with Gasteiger partial charge in [0.1, 0.15) is 5.02 Å². The molecule has 0 aliphatic carbocycles. The molecule has 0 saturated carbocycles. The fraction of sp³-hybridized carbons (Fsp3) is 0.733. The van der Waals surface area contributed by atoms with Crippen LogP contribution in [0.15, 0.2) is 0 Å². The highest BCUT2D eigenvalue weighted by Gasteiger charge is 2.29. The highest BCUT2D eigenvalue weighted by Crippen LogP contribution is 2.25. The number of hydrogen-bond donors (Lipinski definition) is 2. The molecule has 124 valence electrons. The van der Waals surface area contributed by atoms with E-state index in [9.17, 15) is 0 Å². The Labute approximate surface area is 138 Å². The molecule has 0 bridgehead atoms. The number of piperazine rings is 1. The van der Waals surface area contributed by atoms with Crippen molar-refractivity contribution in [3.8, 4) is 0 Å². The molecule has 3 N–H and O–H groups in total. The monoisotopic (exact) mass is 326 g/mol. The zero-order chi connectivity index (χ0) is 16.3. The Bertz CT molecular complexity index is 511. The van der Waals surface area contributed by atoms with Gasteiger partial charge in [0.05, 0.1) is 5.69 Å². The Morgan fingerprint density at radius 3 is 2.45 bits per heavy atom. The van der Waals surface area contributed by atoms with Crippen molar-refractivity contribution in [1.29, 1.82) is 0 Å². The van der Waals surface area contributed by atoms with E-state index < -0.39 is 0 Å². The van der Waals surface area contributed by atoms with Gasteiger partial charge in [-0.05, 0) is 27.3 Å². The van der Waals surface area contributed by atoms with Gasteiger partial charge in [-0.1, -0.05) is 18.5 Å². The van der Waals surface area contributed by atoms with Gasteiger partial charge < -0.3 is 16.0 Å². The molecule has 1 saturated heterocycles. The number of nitrogens with zero attached hydrogens (tertiary/aromatic N) is 4. The highest BCUT2D eigenvalue weighted by atomic mass is 35.5. The summed E-state index contributed by atoms with van der Waals surface area (Å²) in [6.07, 6.45) is 0. The van der Waals surface area contributed by atoms with Crippen LogP contribution in [0.25, 0.3) is 0 Å². The molecule has 0 aromatic carbocycles. The zero-order valence-electron chi connectivity index (χ0n) is 14.0. The summed E-state index contributed by atoms with van der Waals surface area (Å²) in [5.41, 5.74) is 6.43. The summed E-state index contributed by atoms with van der Waals surface area (Å²) < 4.78 is 0. The van der Waals surface area contributed by atoms with Crippen LogP contribution in [0.3, 0.4) is 0 Å². The van der Waals surface area contributed by atoms with Gasteiger partial charge in [-0.15, -0.1) is 0 Å². The topological polar surface area (TPSA) is 70.3 Å². The average Bonchev–Trinajstić information content (AvgIpc) is 2.49. The molecule has 1 aromatic rings. The number of anilines is 2. The summed E-state index contributed by atoms with van der Waals surface area (Å²) in [4.78, 5) is 13.3. The summed E-state index contributed by atoms with van der Waals surface area (Å²) in [5, 5.41) is 3.88. The third kappa shape index (κ3) is 4.00. The minimum absolute atomic E-state index is 0.0246. The summed E-state index contributed by atoms with van der Waals surface area (Å²) in [6.45, 7) is 14.8. The molecule has 1 aliphatic heterocycles. The van der Waals surface area contributed by atoms with Gasteiger partial charge in [0, 0.05) is 38.3 Å². The first-order valence-electron chi connectivity index (χ1n) is 7.84. The van der Waals surface area contributed by atoms with E-state index in [2.05, 4.69) is 45.9 Å². The lowest BCUT2D eigenvalue weighted by Crippen LogP contribution is -2.57. The van der Waals surface area contributed by atoms with Gasteiger partial charge in [-0.25, -0.2) is 4.98 Å². The minimum Gasteiger partial charge on any atom is -0.368 e. The number of halogens is 1. The number of aromatic nitrogens is 2. The van der Waals surface area contributed by atoms with Gasteiger partial charge in [0.15, 0.2) is 5.82 Å². The SMILES string of the molecule is CCN1CCN(C(C)(C)CNc2nc(N)nc(C)c2Cl)CC1. The van der Waals surface area contributed by atoms with Gasteiger partial charge in [0.25, 0.3) is 0 Å². The van der Waals surface area contributed by atoms with E-state index in [4.69, 9.17) is 17.3 Å². The van der Waals surface area contributed by atoms with Crippen LogP contribution in [-0.2, 0) is 0 Å². The van der Waals surface area contributed by atoms with Crippen molar-refractivity contribution in [3.05, 3.63) is 10.7 Å². The maximum absolute atomic E-state index is 6.25. The Hall–Kier alpha value is -1.11. The molecule has 1 aliphatic rings. The second-order valence-corrected chi connectivity index (χ2v) is 6.80. The maximum Gasteiger partial charge on any atom is 0.222 e. The van der Waals surface area contributed by atoms with Gasteiger partial charge >= 0.3 is 0 Å². The van der Waals surface area contributed by atoms with E-state index in [1.54, 1.807) is 0 Å². The largest absolute Gasteiger partial charge is 0.368 e. The fourth-order valence-electron chi connectivity index (χ4n) is 2.78. The average molecular weight is 327 g/mol. The molecular formula is C15H27ClN6. The quantitative estimate of drug-likeness (QED) is 0.860. The van der Waals surface area contributed by atoms with Crippen molar-refractivity contribution in [1.82, 2.24) is 19.8 Å². The van der Waals surface area contributed by atoms with E-state index in [1.807, 2.05) is 6.92 Å². The molecule has 0 unspecified atom stereocenters. The summed E-state index contributed by atoms with van der Waals surface area (Å²) in [7, 11) is 0. The Balaban J connectivity index is 1.98. The second-order valence-electron chi connectivity index (χ2n) is 6.42. The molecule has 1 fully saturated rings. The summed E-state index contributed by atoms with van der Waals surface area (Å²) in [5.74, 6) is 0.866. The lowest BCUT2D eigenvalue weighted by molar-refractivity contribution is 0.0614. The number of nitrogens with one attached hydrogen (secondary N) is 1. The van der Waals surface area contributed by atoms with Crippen LogP contribution in [0, 0.1) is 6.92 Å². The molecule has 0 spiro atoms. The van der Waals surface area contributed by atoms with E-state index in [0.29, 0.717) is 16.5 Å². The smallest absolute Gasteiger partial charge is 0.222 e. The van der Waals surface area contributed by atoms with E-state index in [0.717, 1.165) is 39.3 Å². The number of nitrogens with two attached hydrogens (primary N) is 1. The van der Waals surface area contributed by atoms with Crippen LogP contribution in [0.2, 0.25) is 5.02 Å². The highest BCUT2D eigenvalue weighted by molar-refractivity contribution is 6.33. The van der Waals surface area contributed by atoms with Crippen molar-refractivity contribution in [3.63, 3.8) is 0 Å². The molecule has 2 rings (SSSR count). The predicted molar refractivity (Wildman–Crippen MR) is 92.4 cm³/mol. The van der Waals surface area contributed by atoms with Gasteiger partial charge in [-0.3, -0.25) is 4.90 Å². The summed E-state index contributed by atoms with van der Waals surface area (Å²) >= 11 is 6.25. The molecular weight excluding hydrogens is 300 g/mol. The Morgan fingerprint density at radius 2 is 1.86 bits per heavy atom. The molecule has 0 amide bonds. The van der Waals surface area contributed by atoms with Crippen LogP contribution < -0.4 is 11.1 Å². The first kappa shape index (κ1) is 17.2. The summed E-state index contributed by atoms with van der Waals surface area (Å²) in [6, 6.07) is 0. The zero-order valence-corrected chi connectivity index (χ0v) is 14.7. The first-order chi connectivity index (χ1) is 10.3. The van der Waals surface area contributed by atoms with Crippen LogP contribution in [0.4, 0.5) is 11.8 Å². The molecule has 22 heavy (non-hydrogen) atoms. The molecule has 2 heterocycles. The van der Waals surface area contributed by atoms with E-state index in [1.165, 1.54) is 0 Å². The standard InChI is InChI=1S/C15H27ClN6/c1-5-21-6-8-22(9-7-21)15(3,4)10-18-13-12(16)11(2)19-14(17)20-13/h5-10H2,1-4H3,(H3,17,18,19,20). The fourth-order valence-corrected chi connectivity index (χ4v) is 2.93. The van der Waals surface area contributed by atoms with Crippen LogP contribution in [0.1, 0.15) is 26.5 Å². The molecule has 0 radical (unpaired) electrons. The molecule has 7 heteroatoms. The number of rotatable bonds is 5. The normalized spacial score (nSPS) is 17.7. The van der Waals surface area contributed by atoms with Gasteiger partial charge in [-0.2, -0.15) is 4.98 Å². The second kappa shape index (κ2) is 6.98. The van der Waals surface area contributed by atoms with Gasteiger partial charge in [0.2, 0.25) is 5.95 Å². The predicted octanol–water partition coefficient (Wildman–Crippen LogP) is 1.85. The lowest BCUT2D eigenvalue weighted by atomic mass is 10.0. The Morgan fingerprint density at radius 1 is 1.23 bits per heavy atom. The maximum atomic E-state index is 6.25. The van der Waals surface area contributed by atoms with Crippen molar-refractivity contribution in [2.75, 3.05) is 50.3 Å². The van der Waals surface area contributed by atoms with Crippen LogP contribution >= 0.6 is 11.6 Å². The molecule has 0 atom stereocenters. The molecule has 1 aromatic heterocycles. The van der Waals surface area contributed by atoms with Crippen molar-refractivity contribution in [2.24, 2.45) is 0 Å². The number of nitrogen functional groups attached to an aromatic ring is 1. The first-order valence-corrected chi connectivity index (χ1v) is 8.22. The lowest BCUT2D eigenvalue weighted by Gasteiger charge is -2.44.